The van der Waals surface area contributed by atoms with Gasteiger partial charge in [0, 0.05) is 39.2 Å². The molecule has 1 saturated carbocycles. The number of allylic oxidation sites excluding steroid dienone is 2. The van der Waals surface area contributed by atoms with E-state index in [0.29, 0.717) is 49.0 Å². The van der Waals surface area contributed by atoms with E-state index in [1.165, 1.54) is 4.31 Å². The predicted octanol–water partition coefficient (Wildman–Crippen LogP) is 3.35. The highest BCUT2D eigenvalue weighted by molar-refractivity contribution is 7.87. The van der Waals surface area contributed by atoms with Crippen molar-refractivity contribution in [2.45, 2.75) is 50.9 Å². The molecule has 2 heterocycles. The van der Waals surface area contributed by atoms with Crippen LogP contribution < -0.4 is 10.0 Å². The lowest BCUT2D eigenvalue weighted by atomic mass is 9.77. The molecule has 2 unspecified atom stereocenters. The number of amides is 2. The second kappa shape index (κ2) is 10.2. The molecule has 2 amide bonds. The molecule has 0 radical (unpaired) electrons. The van der Waals surface area contributed by atoms with Gasteiger partial charge in [0.15, 0.2) is 0 Å². The molecule has 34 heavy (non-hydrogen) atoms. The molecule has 2 N–H and O–H groups in total. The summed E-state index contributed by atoms with van der Waals surface area (Å²) in [4.78, 5) is 26.2. The summed E-state index contributed by atoms with van der Waals surface area (Å²) < 4.78 is 34.5. The molecule has 8 nitrogen and oxygen atoms in total. The van der Waals surface area contributed by atoms with Gasteiger partial charge in [0.1, 0.15) is 5.76 Å². The van der Waals surface area contributed by atoms with E-state index in [9.17, 15) is 18.0 Å². The Morgan fingerprint density at radius 3 is 2.65 bits per heavy atom. The van der Waals surface area contributed by atoms with Crippen molar-refractivity contribution in [2.75, 3.05) is 26.7 Å². The van der Waals surface area contributed by atoms with Crippen LogP contribution in [0.25, 0.3) is 0 Å². The molecule has 1 aromatic rings. The molecule has 1 aromatic heterocycles. The summed E-state index contributed by atoms with van der Waals surface area (Å²) in [5.74, 6) is 0.906. The van der Waals surface area contributed by atoms with Crippen LogP contribution >= 0.6 is 11.3 Å². The highest BCUT2D eigenvalue weighted by Crippen LogP contribution is 2.46. The summed E-state index contributed by atoms with van der Waals surface area (Å²) in [6.07, 6.45) is 7.88. The van der Waals surface area contributed by atoms with Crippen molar-refractivity contribution in [1.29, 1.82) is 0 Å². The van der Waals surface area contributed by atoms with Crippen molar-refractivity contribution in [2.24, 2.45) is 11.8 Å². The van der Waals surface area contributed by atoms with Gasteiger partial charge in [0.05, 0.1) is 12.7 Å². The SMILES string of the molecule is CCCCC(=O)NS(=O)(=O)N1CCC(CNC(=O)C2=CC3CC3C=C2OC)(c2cccs2)CC1.[HH].[HH]. The standard InChI is InChI=1S/C24H33N3O5S2.2H2/c1-3-4-7-22(28)26-34(30,31)27-10-8-24(9-11-27,21-6-5-12-33-21)16-25-23(29)19-14-17-13-18(17)15-20(19)32-2;;/h5-6,12,14-15,17-18H,3-4,7-11,13,16H2,1-2H3,(H,25,29)(H,26,28);2*1H. The first-order valence-electron chi connectivity index (χ1n) is 11.9. The molecule has 3 aliphatic rings. The van der Waals surface area contributed by atoms with Crippen LogP contribution in [0.4, 0.5) is 0 Å². The minimum absolute atomic E-state index is 0. The Labute approximate surface area is 208 Å². The largest absolute Gasteiger partial charge is 0.496 e. The average molecular weight is 512 g/mol. The zero-order valence-electron chi connectivity index (χ0n) is 19.7. The fourth-order valence-electron chi connectivity index (χ4n) is 4.75. The Bertz CT molecular complexity index is 1080. The van der Waals surface area contributed by atoms with E-state index in [1.807, 2.05) is 36.6 Å². The Kier molecular flexibility index (Phi) is 7.49. The number of nitrogens with one attached hydrogen (secondary N) is 2. The number of ether oxygens (including phenoxy) is 1. The lowest BCUT2D eigenvalue weighted by molar-refractivity contribution is -0.120. The Morgan fingerprint density at radius 2 is 2.00 bits per heavy atom. The fraction of sp³-hybridized carbons (Fsp3) is 0.583. The highest BCUT2D eigenvalue weighted by atomic mass is 32.2. The second-order valence-corrected chi connectivity index (χ2v) is 12.0. The number of hydrogen-bond acceptors (Lipinski definition) is 6. The summed E-state index contributed by atoms with van der Waals surface area (Å²) in [6.45, 7) is 2.92. The normalized spacial score (nSPS) is 23.8. The molecule has 1 saturated heterocycles. The van der Waals surface area contributed by atoms with E-state index < -0.39 is 16.1 Å². The van der Waals surface area contributed by atoms with Crippen molar-refractivity contribution in [3.05, 3.63) is 45.9 Å². The van der Waals surface area contributed by atoms with Crippen LogP contribution in [0.1, 0.15) is 53.2 Å². The van der Waals surface area contributed by atoms with Gasteiger partial charge >= 0.3 is 10.2 Å². The van der Waals surface area contributed by atoms with Crippen molar-refractivity contribution >= 4 is 33.4 Å². The monoisotopic (exact) mass is 511 g/mol. The Hall–Kier alpha value is -2.17. The van der Waals surface area contributed by atoms with Crippen molar-refractivity contribution < 1.29 is 25.6 Å². The van der Waals surface area contributed by atoms with Crippen LogP contribution in [0.15, 0.2) is 41.0 Å². The third-order valence-corrected chi connectivity index (χ3v) is 9.67. The maximum Gasteiger partial charge on any atom is 0.303 e. The number of carbonyl (C=O) groups is 2. The maximum atomic E-state index is 13.1. The van der Waals surface area contributed by atoms with Gasteiger partial charge in [0.25, 0.3) is 5.91 Å². The Morgan fingerprint density at radius 1 is 1.26 bits per heavy atom. The lowest BCUT2D eigenvalue weighted by Crippen LogP contribution is -2.53. The van der Waals surface area contributed by atoms with E-state index in [4.69, 9.17) is 4.74 Å². The average Bonchev–Trinajstić information content (AvgIpc) is 3.36. The van der Waals surface area contributed by atoms with E-state index in [1.54, 1.807) is 18.4 Å². The molecular formula is C24H37N3O5S2. The maximum absolute atomic E-state index is 13.1. The molecule has 0 bridgehead atoms. The van der Waals surface area contributed by atoms with Crippen LogP contribution in [-0.4, -0.2) is 51.3 Å². The number of hydrogen-bond donors (Lipinski definition) is 2. The zero-order valence-corrected chi connectivity index (χ0v) is 21.3. The van der Waals surface area contributed by atoms with E-state index in [-0.39, 0.29) is 33.7 Å². The van der Waals surface area contributed by atoms with Crippen LogP contribution in [-0.2, 0) is 30.0 Å². The van der Waals surface area contributed by atoms with Gasteiger partial charge in [-0.05, 0) is 55.0 Å². The summed E-state index contributed by atoms with van der Waals surface area (Å²) >= 11 is 1.62. The molecule has 0 aromatic carbocycles. The topological polar surface area (TPSA) is 105 Å². The molecule has 10 heteroatoms. The van der Waals surface area contributed by atoms with Crippen LogP contribution in [0.2, 0.25) is 0 Å². The van der Waals surface area contributed by atoms with Crippen LogP contribution in [0.5, 0.6) is 0 Å². The number of carbonyl (C=O) groups excluding carboxylic acids is 2. The predicted molar refractivity (Wildman–Crippen MR) is 135 cm³/mol. The zero-order chi connectivity index (χ0) is 24.3. The molecule has 2 fully saturated rings. The summed E-state index contributed by atoms with van der Waals surface area (Å²) in [7, 11) is -2.29. The first-order valence-corrected chi connectivity index (χ1v) is 14.2. The number of unbranched alkanes of at least 4 members (excludes halogenated alkanes) is 1. The van der Waals surface area contributed by atoms with Gasteiger partial charge in [0.2, 0.25) is 5.91 Å². The molecule has 1 aliphatic heterocycles. The molecule has 2 atom stereocenters. The Balaban J connectivity index is 0.00000228. The minimum atomic E-state index is -3.88. The summed E-state index contributed by atoms with van der Waals surface area (Å²) in [5.41, 5.74) is 0.216. The third kappa shape index (κ3) is 5.39. The highest BCUT2D eigenvalue weighted by Gasteiger charge is 2.42. The van der Waals surface area contributed by atoms with Crippen molar-refractivity contribution in [3.63, 3.8) is 0 Å². The van der Waals surface area contributed by atoms with E-state index in [2.05, 4.69) is 10.0 Å². The third-order valence-electron chi connectivity index (χ3n) is 7.02. The van der Waals surface area contributed by atoms with Gasteiger partial charge in [-0.25, -0.2) is 4.72 Å². The van der Waals surface area contributed by atoms with Gasteiger partial charge < -0.3 is 10.1 Å². The van der Waals surface area contributed by atoms with Crippen molar-refractivity contribution in [3.8, 4) is 0 Å². The van der Waals surface area contributed by atoms with Gasteiger partial charge in [-0.3, -0.25) is 9.59 Å². The molecular weight excluding hydrogens is 474 g/mol. The smallest absolute Gasteiger partial charge is 0.303 e. The van der Waals surface area contributed by atoms with E-state index in [0.717, 1.165) is 17.7 Å². The van der Waals surface area contributed by atoms with Crippen LogP contribution in [0, 0.1) is 11.8 Å². The number of fused-ring (bicyclic) bond motifs is 1. The van der Waals surface area contributed by atoms with Gasteiger partial charge in [-0.2, -0.15) is 12.7 Å². The van der Waals surface area contributed by atoms with Gasteiger partial charge in [-0.1, -0.05) is 25.5 Å². The lowest BCUT2D eigenvalue weighted by Gasteiger charge is -2.40. The van der Waals surface area contributed by atoms with E-state index >= 15 is 0 Å². The van der Waals surface area contributed by atoms with Gasteiger partial charge in [-0.15, -0.1) is 11.3 Å². The number of thiophene rings is 1. The molecule has 190 valence electrons. The molecule has 2 aliphatic carbocycles. The number of piperidine rings is 1. The number of methoxy groups -OCH3 is 1. The first-order chi connectivity index (χ1) is 16.3. The van der Waals surface area contributed by atoms with Crippen LogP contribution in [0.3, 0.4) is 0 Å². The quantitative estimate of drug-likeness (QED) is 0.501. The van der Waals surface area contributed by atoms with Crippen molar-refractivity contribution in [1.82, 2.24) is 14.3 Å². The second-order valence-electron chi connectivity index (χ2n) is 9.35. The molecule has 0 spiro atoms. The number of nitrogens with zero attached hydrogens (tertiary/aromatic N) is 1. The molecule has 4 rings (SSSR count). The summed E-state index contributed by atoms with van der Waals surface area (Å²) in [6, 6.07) is 4.02. The summed E-state index contributed by atoms with van der Waals surface area (Å²) in [5, 5.41) is 5.10. The number of rotatable bonds is 10. The fourth-order valence-corrected chi connectivity index (χ4v) is 6.92. The minimum Gasteiger partial charge on any atom is -0.496 e. The first kappa shape index (κ1) is 24.9.